The molecule has 6 nitrogen and oxygen atoms in total. The number of hydrogen-bond acceptors (Lipinski definition) is 5. The molecule has 1 rings (SSSR count). The molecule has 2 amide bonds. The van der Waals surface area contributed by atoms with Gasteiger partial charge in [-0.3, -0.25) is 9.59 Å². The van der Waals surface area contributed by atoms with Crippen molar-refractivity contribution in [2.45, 2.75) is 33.7 Å². The van der Waals surface area contributed by atoms with Crippen LogP contribution in [0.4, 0.5) is 5.69 Å². The third-order valence-corrected chi connectivity index (χ3v) is 3.98. The van der Waals surface area contributed by atoms with Gasteiger partial charge in [-0.1, -0.05) is 13.8 Å². The summed E-state index contributed by atoms with van der Waals surface area (Å²) in [7, 11) is 1.29. The maximum atomic E-state index is 12.3. The first kappa shape index (κ1) is 17.2. The smallest absolute Gasteiger partial charge is 0.350 e. The molecule has 116 valence electrons. The van der Waals surface area contributed by atoms with Gasteiger partial charge >= 0.3 is 5.97 Å². The Labute approximate surface area is 127 Å². The average Bonchev–Trinajstić information content (AvgIpc) is 2.76. The second-order valence-electron chi connectivity index (χ2n) is 5.03. The normalized spacial score (nSPS) is 11.9. The first-order valence-electron chi connectivity index (χ1n) is 6.52. The minimum Gasteiger partial charge on any atom is -0.465 e. The molecule has 0 aliphatic carbocycles. The number of hydrogen-bond donors (Lipinski definition) is 2. The molecule has 1 heterocycles. The number of amides is 2. The summed E-state index contributed by atoms with van der Waals surface area (Å²) in [4.78, 5) is 35.5. The summed E-state index contributed by atoms with van der Waals surface area (Å²) in [5.41, 5.74) is 1.21. The van der Waals surface area contributed by atoms with E-state index in [0.29, 0.717) is 10.6 Å². The molecule has 1 aromatic heterocycles. The fourth-order valence-corrected chi connectivity index (χ4v) is 2.72. The van der Waals surface area contributed by atoms with E-state index >= 15 is 0 Å². The van der Waals surface area contributed by atoms with Crippen LogP contribution >= 0.6 is 11.3 Å². The predicted molar refractivity (Wildman–Crippen MR) is 81.5 cm³/mol. The van der Waals surface area contributed by atoms with Gasteiger partial charge in [0.1, 0.15) is 10.9 Å². The van der Waals surface area contributed by atoms with E-state index in [4.69, 9.17) is 4.74 Å². The largest absolute Gasteiger partial charge is 0.465 e. The molecule has 21 heavy (non-hydrogen) atoms. The van der Waals surface area contributed by atoms with Crippen LogP contribution in [0.1, 0.15) is 36.0 Å². The number of aryl methyl sites for hydroxylation is 1. The lowest BCUT2D eigenvalue weighted by Gasteiger charge is -2.21. The van der Waals surface area contributed by atoms with Crippen molar-refractivity contribution >= 4 is 34.8 Å². The Morgan fingerprint density at radius 1 is 1.29 bits per heavy atom. The number of anilines is 1. The van der Waals surface area contributed by atoms with E-state index in [1.807, 2.05) is 13.8 Å². The summed E-state index contributed by atoms with van der Waals surface area (Å²) in [6.45, 7) is 6.82. The molecule has 0 saturated carbocycles. The Hall–Kier alpha value is -1.89. The Bertz CT molecular complexity index is 551. The van der Waals surface area contributed by atoms with Crippen LogP contribution in [0.25, 0.3) is 0 Å². The molecule has 1 aromatic rings. The second-order valence-corrected chi connectivity index (χ2v) is 5.91. The zero-order chi connectivity index (χ0) is 16.2. The summed E-state index contributed by atoms with van der Waals surface area (Å²) in [6.07, 6.45) is 0. The molecule has 0 spiro atoms. The van der Waals surface area contributed by atoms with Gasteiger partial charge in [0.25, 0.3) is 0 Å². The van der Waals surface area contributed by atoms with Crippen LogP contribution in [0.2, 0.25) is 0 Å². The Kier molecular flexibility index (Phi) is 5.90. The van der Waals surface area contributed by atoms with Crippen LogP contribution < -0.4 is 10.6 Å². The van der Waals surface area contributed by atoms with Crippen LogP contribution in [-0.4, -0.2) is 30.9 Å². The van der Waals surface area contributed by atoms with E-state index in [2.05, 4.69) is 10.6 Å². The highest BCUT2D eigenvalue weighted by Crippen LogP contribution is 2.28. The number of carbonyl (C=O) groups is 3. The minimum atomic E-state index is -0.660. The van der Waals surface area contributed by atoms with Gasteiger partial charge in [-0.2, -0.15) is 0 Å². The van der Waals surface area contributed by atoms with E-state index < -0.39 is 12.0 Å². The quantitative estimate of drug-likeness (QED) is 0.814. The van der Waals surface area contributed by atoms with Gasteiger partial charge < -0.3 is 15.4 Å². The number of methoxy groups -OCH3 is 1. The zero-order valence-electron chi connectivity index (χ0n) is 12.8. The van der Waals surface area contributed by atoms with Gasteiger partial charge in [0.05, 0.1) is 12.8 Å². The lowest BCUT2D eigenvalue weighted by Crippen LogP contribution is -2.46. The Balaban J connectivity index is 2.98. The third-order valence-electron chi connectivity index (χ3n) is 2.90. The minimum absolute atomic E-state index is 0.0746. The number of rotatable bonds is 5. The molecule has 0 saturated heterocycles. The molecule has 0 bridgehead atoms. The third kappa shape index (κ3) is 4.29. The number of esters is 1. The molecule has 0 aliphatic heterocycles. The van der Waals surface area contributed by atoms with Crippen molar-refractivity contribution in [2.75, 3.05) is 12.4 Å². The van der Waals surface area contributed by atoms with Crippen molar-refractivity contribution in [3.63, 3.8) is 0 Å². The molecule has 2 N–H and O–H groups in total. The summed E-state index contributed by atoms with van der Waals surface area (Å²) in [5, 5.41) is 7.10. The standard InChI is InChI=1S/C14H20N2O4S/c1-7(2)10(15-9(4)17)13(18)16-11-8(3)6-21-12(11)14(19)20-5/h6-7,10H,1-5H3,(H,15,17)(H,16,18). The summed E-state index contributed by atoms with van der Waals surface area (Å²) in [6, 6.07) is -0.660. The van der Waals surface area contributed by atoms with Crippen LogP contribution in [-0.2, 0) is 14.3 Å². The topological polar surface area (TPSA) is 84.5 Å². The maximum Gasteiger partial charge on any atom is 0.350 e. The highest BCUT2D eigenvalue weighted by atomic mass is 32.1. The Morgan fingerprint density at radius 3 is 2.38 bits per heavy atom. The van der Waals surface area contributed by atoms with E-state index in [1.165, 1.54) is 25.4 Å². The van der Waals surface area contributed by atoms with Gasteiger partial charge in [0.15, 0.2) is 0 Å². The highest BCUT2D eigenvalue weighted by molar-refractivity contribution is 7.12. The zero-order valence-corrected chi connectivity index (χ0v) is 13.6. The molecule has 1 unspecified atom stereocenters. The number of ether oxygens (including phenoxy) is 1. The number of carbonyl (C=O) groups excluding carboxylic acids is 3. The average molecular weight is 312 g/mol. The van der Waals surface area contributed by atoms with Crippen LogP contribution in [0.3, 0.4) is 0 Å². The van der Waals surface area contributed by atoms with Gasteiger partial charge in [0.2, 0.25) is 11.8 Å². The molecule has 1 atom stereocenters. The monoisotopic (exact) mass is 312 g/mol. The Morgan fingerprint density at radius 2 is 1.90 bits per heavy atom. The molecule has 0 aromatic carbocycles. The highest BCUT2D eigenvalue weighted by Gasteiger charge is 2.26. The van der Waals surface area contributed by atoms with Crippen molar-refractivity contribution in [3.8, 4) is 0 Å². The van der Waals surface area contributed by atoms with Gasteiger partial charge in [-0.15, -0.1) is 11.3 Å². The molecular weight excluding hydrogens is 292 g/mol. The molecule has 0 radical (unpaired) electrons. The summed E-state index contributed by atoms with van der Waals surface area (Å²) < 4.78 is 4.69. The van der Waals surface area contributed by atoms with Gasteiger partial charge in [0, 0.05) is 6.92 Å². The first-order valence-corrected chi connectivity index (χ1v) is 7.40. The SMILES string of the molecule is COC(=O)c1scc(C)c1NC(=O)C(NC(C)=O)C(C)C. The fourth-order valence-electron chi connectivity index (χ4n) is 1.80. The van der Waals surface area contributed by atoms with Gasteiger partial charge in [-0.05, 0) is 23.8 Å². The van der Waals surface area contributed by atoms with E-state index in [1.54, 1.807) is 12.3 Å². The molecular formula is C14H20N2O4S. The van der Waals surface area contributed by atoms with E-state index in [9.17, 15) is 14.4 Å². The van der Waals surface area contributed by atoms with Gasteiger partial charge in [-0.25, -0.2) is 4.79 Å². The molecule has 7 heteroatoms. The lowest BCUT2D eigenvalue weighted by molar-refractivity contribution is -0.126. The first-order chi connectivity index (χ1) is 9.77. The van der Waals surface area contributed by atoms with Crippen molar-refractivity contribution in [2.24, 2.45) is 5.92 Å². The lowest BCUT2D eigenvalue weighted by atomic mass is 10.0. The second kappa shape index (κ2) is 7.21. The predicted octanol–water partition coefficient (Wildman–Crippen LogP) is 1.94. The van der Waals surface area contributed by atoms with Crippen molar-refractivity contribution in [1.82, 2.24) is 5.32 Å². The number of nitrogens with one attached hydrogen (secondary N) is 2. The number of thiophene rings is 1. The van der Waals surface area contributed by atoms with Crippen molar-refractivity contribution < 1.29 is 19.1 Å². The fraction of sp³-hybridized carbons (Fsp3) is 0.500. The molecule has 0 fully saturated rings. The van der Waals surface area contributed by atoms with E-state index in [0.717, 1.165) is 5.56 Å². The summed E-state index contributed by atoms with van der Waals surface area (Å²) in [5.74, 6) is -1.20. The van der Waals surface area contributed by atoms with E-state index in [-0.39, 0.29) is 17.7 Å². The van der Waals surface area contributed by atoms with Crippen LogP contribution in [0.5, 0.6) is 0 Å². The molecule has 0 aliphatic rings. The van der Waals surface area contributed by atoms with Crippen LogP contribution in [0, 0.1) is 12.8 Å². The van der Waals surface area contributed by atoms with Crippen molar-refractivity contribution in [3.05, 3.63) is 15.8 Å². The van der Waals surface area contributed by atoms with Crippen LogP contribution in [0.15, 0.2) is 5.38 Å². The summed E-state index contributed by atoms with van der Waals surface area (Å²) >= 11 is 1.21. The maximum absolute atomic E-state index is 12.3. The van der Waals surface area contributed by atoms with Crippen molar-refractivity contribution in [1.29, 1.82) is 0 Å².